The quantitative estimate of drug-likeness (QED) is 0.655. The van der Waals surface area contributed by atoms with E-state index < -0.39 is 0 Å². The average molecular weight is 210 g/mol. The summed E-state index contributed by atoms with van der Waals surface area (Å²) in [5, 5.41) is 0. The van der Waals surface area contributed by atoms with E-state index in [1.807, 2.05) is 6.92 Å². The number of esters is 1. The zero-order valence-corrected chi connectivity index (χ0v) is 9.87. The zero-order chi connectivity index (χ0) is 10.8. The van der Waals surface area contributed by atoms with Crippen molar-refractivity contribution in [1.82, 2.24) is 0 Å². The fourth-order valence-corrected chi connectivity index (χ4v) is 3.67. The van der Waals surface area contributed by atoms with E-state index in [0.717, 1.165) is 5.92 Å². The van der Waals surface area contributed by atoms with Gasteiger partial charge in [0.25, 0.3) is 0 Å². The molecule has 2 aliphatic rings. The molecule has 0 aromatic carbocycles. The molecule has 2 unspecified atom stereocenters. The first-order valence-electron chi connectivity index (χ1n) is 6.39. The van der Waals surface area contributed by atoms with Crippen molar-refractivity contribution < 1.29 is 9.53 Å². The smallest absolute Gasteiger partial charge is 0.309 e. The molecule has 0 aromatic rings. The molecule has 2 heteroatoms. The van der Waals surface area contributed by atoms with Gasteiger partial charge < -0.3 is 4.74 Å². The summed E-state index contributed by atoms with van der Waals surface area (Å²) in [7, 11) is 0. The Bertz CT molecular complexity index is 223. The van der Waals surface area contributed by atoms with Crippen LogP contribution in [0.1, 0.15) is 46.0 Å². The topological polar surface area (TPSA) is 26.3 Å². The highest BCUT2D eigenvalue weighted by Crippen LogP contribution is 2.47. The molecule has 2 fully saturated rings. The monoisotopic (exact) mass is 210 g/mol. The van der Waals surface area contributed by atoms with Crippen LogP contribution in [0.15, 0.2) is 0 Å². The highest BCUT2D eigenvalue weighted by Gasteiger charge is 2.43. The molecule has 0 heterocycles. The summed E-state index contributed by atoms with van der Waals surface area (Å²) in [5.74, 6) is 2.36. The SMILES string of the molecule is CCOC(=O)C1C2CCCC1CC(C)C2. The molecule has 0 N–H and O–H groups in total. The Kier molecular flexibility index (Phi) is 3.32. The molecule has 0 radical (unpaired) electrons. The molecule has 2 rings (SSSR count). The molecule has 2 aliphatic carbocycles. The maximum atomic E-state index is 11.9. The number of carbonyl (C=O) groups excluding carboxylic acids is 1. The largest absolute Gasteiger partial charge is 0.466 e. The van der Waals surface area contributed by atoms with Gasteiger partial charge in [-0.2, -0.15) is 0 Å². The third kappa shape index (κ3) is 2.19. The second-order valence-corrected chi connectivity index (χ2v) is 5.31. The van der Waals surface area contributed by atoms with Crippen LogP contribution in [0.2, 0.25) is 0 Å². The summed E-state index contributed by atoms with van der Waals surface area (Å²) in [5.41, 5.74) is 0. The van der Waals surface area contributed by atoms with E-state index in [1.165, 1.54) is 32.1 Å². The first-order chi connectivity index (χ1) is 7.22. The van der Waals surface area contributed by atoms with Crippen LogP contribution >= 0.6 is 0 Å². The number of hydrogen-bond donors (Lipinski definition) is 0. The normalized spacial score (nSPS) is 39.9. The highest BCUT2D eigenvalue weighted by molar-refractivity contribution is 5.73. The van der Waals surface area contributed by atoms with E-state index in [-0.39, 0.29) is 11.9 Å². The van der Waals surface area contributed by atoms with Crippen LogP contribution in [0.5, 0.6) is 0 Å². The molecule has 2 atom stereocenters. The number of rotatable bonds is 2. The molecular formula is C13H22O2. The summed E-state index contributed by atoms with van der Waals surface area (Å²) in [6.45, 7) is 4.76. The van der Waals surface area contributed by atoms with Gasteiger partial charge in [-0.15, -0.1) is 0 Å². The van der Waals surface area contributed by atoms with Crippen LogP contribution in [0, 0.1) is 23.7 Å². The van der Waals surface area contributed by atoms with Gasteiger partial charge in [-0.1, -0.05) is 13.3 Å². The van der Waals surface area contributed by atoms with Crippen molar-refractivity contribution in [2.75, 3.05) is 6.61 Å². The lowest BCUT2D eigenvalue weighted by Gasteiger charge is -2.43. The lowest BCUT2D eigenvalue weighted by molar-refractivity contribution is -0.156. The Hall–Kier alpha value is -0.530. The van der Waals surface area contributed by atoms with E-state index >= 15 is 0 Å². The highest BCUT2D eigenvalue weighted by atomic mass is 16.5. The van der Waals surface area contributed by atoms with E-state index in [2.05, 4.69) is 6.92 Å². The predicted octanol–water partition coefficient (Wildman–Crippen LogP) is 3.01. The molecule has 0 amide bonds. The number of carbonyl (C=O) groups is 1. The van der Waals surface area contributed by atoms with Crippen molar-refractivity contribution in [2.45, 2.75) is 46.0 Å². The van der Waals surface area contributed by atoms with Gasteiger partial charge in [0, 0.05) is 0 Å². The first-order valence-corrected chi connectivity index (χ1v) is 6.39. The summed E-state index contributed by atoms with van der Waals surface area (Å²) >= 11 is 0. The molecule has 2 nitrogen and oxygen atoms in total. The van der Waals surface area contributed by atoms with Crippen molar-refractivity contribution in [3.05, 3.63) is 0 Å². The molecule has 2 saturated carbocycles. The van der Waals surface area contributed by atoms with E-state index in [9.17, 15) is 4.79 Å². The van der Waals surface area contributed by atoms with Crippen LogP contribution in [-0.2, 0) is 9.53 Å². The molecule has 2 bridgehead atoms. The van der Waals surface area contributed by atoms with Crippen LogP contribution in [-0.4, -0.2) is 12.6 Å². The van der Waals surface area contributed by atoms with E-state index in [0.29, 0.717) is 18.4 Å². The third-order valence-electron chi connectivity index (χ3n) is 4.13. The summed E-state index contributed by atoms with van der Waals surface area (Å²) in [6, 6.07) is 0. The van der Waals surface area contributed by atoms with Crippen LogP contribution in [0.4, 0.5) is 0 Å². The Morgan fingerprint density at radius 3 is 2.40 bits per heavy atom. The lowest BCUT2D eigenvalue weighted by Crippen LogP contribution is -2.41. The summed E-state index contributed by atoms with van der Waals surface area (Å²) in [4.78, 5) is 11.9. The van der Waals surface area contributed by atoms with Gasteiger partial charge in [0.15, 0.2) is 0 Å². The lowest BCUT2D eigenvalue weighted by atomic mass is 9.62. The van der Waals surface area contributed by atoms with Crippen molar-refractivity contribution in [1.29, 1.82) is 0 Å². The zero-order valence-electron chi connectivity index (χ0n) is 9.87. The van der Waals surface area contributed by atoms with Crippen LogP contribution in [0.25, 0.3) is 0 Å². The number of fused-ring (bicyclic) bond motifs is 2. The van der Waals surface area contributed by atoms with Crippen LogP contribution in [0.3, 0.4) is 0 Å². The minimum absolute atomic E-state index is 0.0825. The Morgan fingerprint density at radius 2 is 1.87 bits per heavy atom. The molecule has 15 heavy (non-hydrogen) atoms. The Labute approximate surface area is 92.4 Å². The van der Waals surface area contributed by atoms with Crippen molar-refractivity contribution in [3.8, 4) is 0 Å². The van der Waals surface area contributed by atoms with Crippen molar-refractivity contribution in [3.63, 3.8) is 0 Å². The maximum absolute atomic E-state index is 11.9. The van der Waals surface area contributed by atoms with Crippen LogP contribution < -0.4 is 0 Å². The van der Waals surface area contributed by atoms with Gasteiger partial charge in [0.05, 0.1) is 12.5 Å². The molecular weight excluding hydrogens is 188 g/mol. The molecule has 86 valence electrons. The van der Waals surface area contributed by atoms with Gasteiger partial charge in [-0.25, -0.2) is 0 Å². The van der Waals surface area contributed by atoms with Gasteiger partial charge in [0.2, 0.25) is 0 Å². The van der Waals surface area contributed by atoms with E-state index in [4.69, 9.17) is 4.74 Å². The predicted molar refractivity (Wildman–Crippen MR) is 59.4 cm³/mol. The van der Waals surface area contributed by atoms with Gasteiger partial charge >= 0.3 is 5.97 Å². The Balaban J connectivity index is 2.07. The second-order valence-electron chi connectivity index (χ2n) is 5.31. The fourth-order valence-electron chi connectivity index (χ4n) is 3.67. The Morgan fingerprint density at radius 1 is 1.27 bits per heavy atom. The minimum atomic E-state index is 0.0825. The standard InChI is InChI=1S/C13H22O2/c1-3-15-13(14)12-10-5-4-6-11(12)8-9(2)7-10/h9-12H,3-8H2,1-2H3. The van der Waals surface area contributed by atoms with Gasteiger partial charge in [-0.3, -0.25) is 4.79 Å². The summed E-state index contributed by atoms with van der Waals surface area (Å²) < 4.78 is 5.21. The summed E-state index contributed by atoms with van der Waals surface area (Å²) in [6.07, 6.45) is 6.27. The minimum Gasteiger partial charge on any atom is -0.466 e. The van der Waals surface area contributed by atoms with Gasteiger partial charge in [0.1, 0.15) is 0 Å². The molecule has 0 aromatic heterocycles. The second kappa shape index (κ2) is 4.54. The third-order valence-corrected chi connectivity index (χ3v) is 4.13. The van der Waals surface area contributed by atoms with Crippen molar-refractivity contribution >= 4 is 5.97 Å². The number of ether oxygens (including phenoxy) is 1. The molecule has 0 saturated heterocycles. The van der Waals surface area contributed by atoms with Crippen molar-refractivity contribution in [2.24, 2.45) is 23.7 Å². The maximum Gasteiger partial charge on any atom is 0.309 e. The average Bonchev–Trinajstić information content (AvgIpc) is 2.16. The first kappa shape index (κ1) is 11.0. The van der Waals surface area contributed by atoms with E-state index in [1.54, 1.807) is 0 Å². The van der Waals surface area contributed by atoms with Gasteiger partial charge in [-0.05, 0) is 50.4 Å². The molecule has 0 aliphatic heterocycles. The fraction of sp³-hybridized carbons (Fsp3) is 0.923. The number of hydrogen-bond acceptors (Lipinski definition) is 2. The molecule has 0 spiro atoms.